The molecule has 0 saturated carbocycles. The molecule has 0 aliphatic rings. The lowest BCUT2D eigenvalue weighted by Gasteiger charge is -2.06. The summed E-state index contributed by atoms with van der Waals surface area (Å²) in [5.74, 6) is 0.518. The van der Waals surface area contributed by atoms with Gasteiger partial charge in [-0.25, -0.2) is 9.97 Å². The number of nitro benzene ring substituents is 1. The van der Waals surface area contributed by atoms with Crippen LogP contribution in [0.4, 0.5) is 11.5 Å². The van der Waals surface area contributed by atoms with E-state index in [9.17, 15) is 10.1 Å². The minimum absolute atomic E-state index is 0.0883. The molecule has 7 nitrogen and oxygen atoms in total. The van der Waals surface area contributed by atoms with E-state index in [0.29, 0.717) is 5.56 Å². The second-order valence-corrected chi connectivity index (χ2v) is 3.56. The number of hydrogen-bond acceptors (Lipinski definition) is 6. The Hall–Kier alpha value is -2.70. The van der Waals surface area contributed by atoms with E-state index in [0.717, 1.165) is 0 Å². The Morgan fingerprint density at radius 2 is 2.17 bits per heavy atom. The standard InChI is InChI=1S/C11H10N4O3/c1-7-3-2-4-8(11(7)15(16)17)18-10-5-9(12)13-6-14-10/h2-6H,1H3,(H2,12,13,14). The Bertz CT molecular complexity index is 601. The molecule has 2 N–H and O–H groups in total. The molecule has 1 aromatic heterocycles. The van der Waals surface area contributed by atoms with Crippen molar-refractivity contribution in [2.75, 3.05) is 5.73 Å². The smallest absolute Gasteiger partial charge is 0.314 e. The van der Waals surface area contributed by atoms with Crippen LogP contribution in [0.25, 0.3) is 0 Å². The summed E-state index contributed by atoms with van der Waals surface area (Å²) < 4.78 is 5.36. The zero-order valence-electron chi connectivity index (χ0n) is 9.53. The van der Waals surface area contributed by atoms with E-state index in [1.807, 2.05) is 0 Å². The van der Waals surface area contributed by atoms with Gasteiger partial charge in [0, 0.05) is 11.6 Å². The lowest BCUT2D eigenvalue weighted by Crippen LogP contribution is -1.98. The number of aryl methyl sites for hydroxylation is 1. The topological polar surface area (TPSA) is 104 Å². The molecule has 0 fully saturated rings. The van der Waals surface area contributed by atoms with Crippen molar-refractivity contribution in [1.29, 1.82) is 0 Å². The van der Waals surface area contributed by atoms with Crippen LogP contribution in [0.5, 0.6) is 11.6 Å². The number of nitro groups is 1. The first-order valence-electron chi connectivity index (χ1n) is 5.07. The molecule has 1 heterocycles. The average molecular weight is 246 g/mol. The summed E-state index contributed by atoms with van der Waals surface area (Å²) >= 11 is 0. The fourth-order valence-electron chi connectivity index (χ4n) is 1.47. The molecule has 0 aliphatic heterocycles. The van der Waals surface area contributed by atoms with Gasteiger partial charge in [0.15, 0.2) is 0 Å². The third kappa shape index (κ3) is 2.34. The quantitative estimate of drug-likeness (QED) is 0.656. The summed E-state index contributed by atoms with van der Waals surface area (Å²) in [4.78, 5) is 18.0. The molecular weight excluding hydrogens is 236 g/mol. The molecule has 2 aromatic rings. The first kappa shape index (κ1) is 11.8. The molecule has 0 atom stereocenters. The first-order valence-corrected chi connectivity index (χ1v) is 5.07. The van der Waals surface area contributed by atoms with Crippen LogP contribution in [0.15, 0.2) is 30.6 Å². The van der Waals surface area contributed by atoms with Crippen LogP contribution in [0.1, 0.15) is 5.56 Å². The highest BCUT2D eigenvalue weighted by Gasteiger charge is 2.19. The maximum absolute atomic E-state index is 11.0. The number of para-hydroxylation sites is 1. The van der Waals surface area contributed by atoms with E-state index in [1.165, 1.54) is 18.5 Å². The number of nitrogens with two attached hydrogens (primary N) is 1. The molecular formula is C11H10N4O3. The van der Waals surface area contributed by atoms with E-state index in [4.69, 9.17) is 10.5 Å². The van der Waals surface area contributed by atoms with Gasteiger partial charge in [0.05, 0.1) is 4.92 Å². The molecule has 0 radical (unpaired) electrons. The van der Waals surface area contributed by atoms with Crippen molar-refractivity contribution >= 4 is 11.5 Å². The molecule has 0 aliphatic carbocycles. The Morgan fingerprint density at radius 1 is 1.39 bits per heavy atom. The largest absolute Gasteiger partial charge is 0.432 e. The molecule has 0 amide bonds. The SMILES string of the molecule is Cc1cccc(Oc2cc(N)ncn2)c1[N+](=O)[O-]. The molecule has 1 aromatic carbocycles. The predicted molar refractivity (Wildman–Crippen MR) is 64.4 cm³/mol. The Labute approximate surface area is 102 Å². The summed E-state index contributed by atoms with van der Waals surface area (Å²) in [6.07, 6.45) is 1.23. The van der Waals surface area contributed by atoms with Crippen LogP contribution in [0.3, 0.4) is 0 Å². The fourth-order valence-corrected chi connectivity index (χ4v) is 1.47. The minimum atomic E-state index is -0.491. The number of benzene rings is 1. The van der Waals surface area contributed by atoms with E-state index in [1.54, 1.807) is 19.1 Å². The van der Waals surface area contributed by atoms with E-state index in [2.05, 4.69) is 9.97 Å². The van der Waals surface area contributed by atoms with Crippen LogP contribution in [0, 0.1) is 17.0 Å². The first-order chi connectivity index (χ1) is 8.58. The normalized spacial score (nSPS) is 10.1. The highest BCUT2D eigenvalue weighted by atomic mass is 16.6. The number of hydrogen-bond donors (Lipinski definition) is 1. The van der Waals surface area contributed by atoms with Gasteiger partial charge < -0.3 is 10.5 Å². The predicted octanol–water partition coefficient (Wildman–Crippen LogP) is 2.07. The number of ether oxygens (including phenoxy) is 1. The van der Waals surface area contributed by atoms with Crippen molar-refractivity contribution in [3.8, 4) is 11.6 Å². The van der Waals surface area contributed by atoms with Gasteiger partial charge >= 0.3 is 5.69 Å². The lowest BCUT2D eigenvalue weighted by atomic mass is 10.2. The van der Waals surface area contributed by atoms with Crippen molar-refractivity contribution in [2.24, 2.45) is 0 Å². The Balaban J connectivity index is 2.40. The second-order valence-electron chi connectivity index (χ2n) is 3.56. The van der Waals surface area contributed by atoms with E-state index in [-0.39, 0.29) is 23.1 Å². The fraction of sp³-hybridized carbons (Fsp3) is 0.0909. The van der Waals surface area contributed by atoms with Gasteiger partial charge in [-0.3, -0.25) is 10.1 Å². The number of nitrogens with zero attached hydrogens (tertiary/aromatic N) is 3. The third-order valence-electron chi connectivity index (χ3n) is 2.26. The van der Waals surface area contributed by atoms with Gasteiger partial charge in [0.1, 0.15) is 12.1 Å². The summed E-state index contributed by atoms with van der Waals surface area (Å²) in [6.45, 7) is 1.64. The number of rotatable bonds is 3. The van der Waals surface area contributed by atoms with Gasteiger partial charge in [0.2, 0.25) is 11.6 Å². The molecule has 0 spiro atoms. The highest BCUT2D eigenvalue weighted by Crippen LogP contribution is 2.33. The maximum atomic E-state index is 11.0. The number of anilines is 1. The summed E-state index contributed by atoms with van der Waals surface area (Å²) in [7, 11) is 0. The average Bonchev–Trinajstić information content (AvgIpc) is 2.28. The molecule has 92 valence electrons. The van der Waals surface area contributed by atoms with Crippen LogP contribution >= 0.6 is 0 Å². The van der Waals surface area contributed by atoms with Crippen LogP contribution in [-0.4, -0.2) is 14.9 Å². The van der Waals surface area contributed by atoms with Gasteiger partial charge in [0.25, 0.3) is 0 Å². The zero-order chi connectivity index (χ0) is 13.1. The molecule has 0 saturated heterocycles. The van der Waals surface area contributed by atoms with Crippen LogP contribution in [0.2, 0.25) is 0 Å². The zero-order valence-corrected chi connectivity index (χ0v) is 9.53. The summed E-state index contributed by atoms with van der Waals surface area (Å²) in [5.41, 5.74) is 5.90. The molecule has 0 unspecified atom stereocenters. The third-order valence-corrected chi connectivity index (χ3v) is 2.26. The molecule has 18 heavy (non-hydrogen) atoms. The molecule has 7 heteroatoms. The van der Waals surface area contributed by atoms with Crippen molar-refractivity contribution in [3.63, 3.8) is 0 Å². The number of aromatic nitrogens is 2. The van der Waals surface area contributed by atoms with Crippen molar-refractivity contribution in [3.05, 3.63) is 46.3 Å². The monoisotopic (exact) mass is 246 g/mol. The van der Waals surface area contributed by atoms with Crippen molar-refractivity contribution < 1.29 is 9.66 Å². The summed E-state index contributed by atoms with van der Waals surface area (Å²) in [5, 5.41) is 11.0. The van der Waals surface area contributed by atoms with Crippen LogP contribution < -0.4 is 10.5 Å². The van der Waals surface area contributed by atoms with E-state index < -0.39 is 4.92 Å². The van der Waals surface area contributed by atoms with Gasteiger partial charge in [-0.1, -0.05) is 12.1 Å². The molecule has 2 rings (SSSR count). The van der Waals surface area contributed by atoms with Gasteiger partial charge in [-0.05, 0) is 13.0 Å². The van der Waals surface area contributed by atoms with Gasteiger partial charge in [-0.15, -0.1) is 0 Å². The minimum Gasteiger partial charge on any atom is -0.432 e. The van der Waals surface area contributed by atoms with Crippen molar-refractivity contribution in [1.82, 2.24) is 9.97 Å². The number of nitrogen functional groups attached to an aromatic ring is 1. The van der Waals surface area contributed by atoms with Crippen LogP contribution in [-0.2, 0) is 0 Å². The summed E-state index contributed by atoms with van der Waals surface area (Å²) in [6, 6.07) is 6.21. The Morgan fingerprint density at radius 3 is 2.83 bits per heavy atom. The van der Waals surface area contributed by atoms with Crippen molar-refractivity contribution in [2.45, 2.75) is 6.92 Å². The lowest BCUT2D eigenvalue weighted by molar-refractivity contribution is -0.386. The maximum Gasteiger partial charge on any atom is 0.314 e. The Kier molecular flexibility index (Phi) is 3.05. The highest BCUT2D eigenvalue weighted by molar-refractivity contribution is 5.53. The van der Waals surface area contributed by atoms with E-state index >= 15 is 0 Å². The van der Waals surface area contributed by atoms with Gasteiger partial charge in [-0.2, -0.15) is 0 Å². The second kappa shape index (κ2) is 4.66. The molecule has 0 bridgehead atoms.